The van der Waals surface area contributed by atoms with E-state index >= 15 is 0 Å². The minimum absolute atomic E-state index is 0.0597. The maximum atomic E-state index is 12.4. The Morgan fingerprint density at radius 1 is 1.29 bits per heavy atom. The lowest BCUT2D eigenvalue weighted by Gasteiger charge is -2.06. The van der Waals surface area contributed by atoms with Gasteiger partial charge in [0.25, 0.3) is 5.56 Å². The molecular weight excluding hydrogens is 286 g/mol. The van der Waals surface area contributed by atoms with Gasteiger partial charge in [-0.1, -0.05) is 18.2 Å². The lowest BCUT2D eigenvalue weighted by molar-refractivity contribution is 0.0702. The molecule has 3 rings (SSSR count). The second-order valence-corrected chi connectivity index (χ2v) is 6.09. The van der Waals surface area contributed by atoms with E-state index in [9.17, 15) is 9.59 Å². The maximum Gasteiger partial charge on any atom is 0.345 e. The third kappa shape index (κ3) is 2.48. The smallest absolute Gasteiger partial charge is 0.345 e. The van der Waals surface area contributed by atoms with Gasteiger partial charge in [0.15, 0.2) is 0 Å². The van der Waals surface area contributed by atoms with Gasteiger partial charge < -0.3 is 9.67 Å². The third-order valence-corrected chi connectivity index (χ3v) is 4.54. The van der Waals surface area contributed by atoms with Crippen LogP contribution in [0.25, 0.3) is 10.8 Å². The highest BCUT2D eigenvalue weighted by atomic mass is 32.1. The van der Waals surface area contributed by atoms with Crippen LogP contribution in [0.3, 0.4) is 0 Å². The van der Waals surface area contributed by atoms with E-state index in [0.717, 1.165) is 15.8 Å². The van der Waals surface area contributed by atoms with Crippen LogP contribution in [0.4, 0.5) is 0 Å². The SMILES string of the molecule is Cc1sc(C(=O)O)cc1Cn1ccc2ccccc2c1=O. The summed E-state index contributed by atoms with van der Waals surface area (Å²) in [7, 11) is 0. The van der Waals surface area contributed by atoms with Crippen molar-refractivity contribution in [2.24, 2.45) is 0 Å². The van der Waals surface area contributed by atoms with E-state index in [0.29, 0.717) is 16.8 Å². The molecule has 0 bridgehead atoms. The van der Waals surface area contributed by atoms with Crippen LogP contribution in [0.5, 0.6) is 0 Å². The Bertz CT molecular complexity index is 892. The molecule has 4 nitrogen and oxygen atoms in total. The van der Waals surface area contributed by atoms with Gasteiger partial charge in [0.1, 0.15) is 4.88 Å². The van der Waals surface area contributed by atoms with Crippen molar-refractivity contribution in [2.75, 3.05) is 0 Å². The van der Waals surface area contributed by atoms with Crippen molar-refractivity contribution in [1.82, 2.24) is 4.57 Å². The summed E-state index contributed by atoms with van der Waals surface area (Å²) in [6, 6.07) is 11.0. The number of benzene rings is 1. The van der Waals surface area contributed by atoms with Crippen LogP contribution in [-0.2, 0) is 6.54 Å². The van der Waals surface area contributed by atoms with Crippen LogP contribution < -0.4 is 5.56 Å². The average Bonchev–Trinajstić information content (AvgIpc) is 2.84. The number of carboxylic acid groups (broad SMARTS) is 1. The molecule has 0 unspecified atom stereocenters. The van der Waals surface area contributed by atoms with E-state index in [1.54, 1.807) is 22.9 Å². The van der Waals surface area contributed by atoms with Gasteiger partial charge in [-0.15, -0.1) is 11.3 Å². The molecule has 0 spiro atoms. The standard InChI is InChI=1S/C16H13NO3S/c1-10-12(8-14(21-10)16(19)20)9-17-7-6-11-4-2-3-5-13(11)15(17)18/h2-8H,9H2,1H3,(H,19,20). The molecule has 2 heterocycles. The summed E-state index contributed by atoms with van der Waals surface area (Å²) in [5.41, 5.74) is 0.811. The van der Waals surface area contributed by atoms with E-state index in [1.165, 1.54) is 11.3 Å². The zero-order valence-corrected chi connectivity index (χ0v) is 12.2. The predicted octanol–water partition coefficient (Wildman–Crippen LogP) is 3.12. The highest BCUT2D eigenvalue weighted by Crippen LogP contribution is 2.22. The van der Waals surface area contributed by atoms with E-state index in [2.05, 4.69) is 0 Å². The summed E-state index contributed by atoms with van der Waals surface area (Å²) >= 11 is 1.24. The molecule has 2 aromatic heterocycles. The van der Waals surface area contributed by atoms with Crippen LogP contribution in [0.2, 0.25) is 0 Å². The van der Waals surface area contributed by atoms with Crippen molar-refractivity contribution >= 4 is 28.1 Å². The summed E-state index contributed by atoms with van der Waals surface area (Å²) < 4.78 is 1.61. The monoisotopic (exact) mass is 299 g/mol. The van der Waals surface area contributed by atoms with Crippen molar-refractivity contribution in [3.63, 3.8) is 0 Å². The molecule has 0 aliphatic carbocycles. The molecule has 0 radical (unpaired) electrons. The number of carbonyl (C=O) groups is 1. The fraction of sp³-hybridized carbons (Fsp3) is 0.125. The van der Waals surface area contributed by atoms with Gasteiger partial charge in [-0.3, -0.25) is 4.79 Å². The summed E-state index contributed by atoms with van der Waals surface area (Å²) in [6.45, 7) is 2.26. The summed E-state index contributed by atoms with van der Waals surface area (Å²) in [5.74, 6) is -0.930. The number of aryl methyl sites for hydroxylation is 1. The number of pyridine rings is 1. The number of aromatic carboxylic acids is 1. The first-order chi connectivity index (χ1) is 10.1. The number of fused-ring (bicyclic) bond motifs is 1. The van der Waals surface area contributed by atoms with Gasteiger partial charge in [0.05, 0.1) is 6.54 Å². The lowest BCUT2D eigenvalue weighted by atomic mass is 10.1. The van der Waals surface area contributed by atoms with Crippen molar-refractivity contribution < 1.29 is 9.90 Å². The van der Waals surface area contributed by atoms with E-state index in [-0.39, 0.29) is 5.56 Å². The predicted molar refractivity (Wildman–Crippen MR) is 83.3 cm³/mol. The summed E-state index contributed by atoms with van der Waals surface area (Å²) in [4.78, 5) is 24.7. The number of nitrogens with zero attached hydrogens (tertiary/aromatic N) is 1. The third-order valence-electron chi connectivity index (χ3n) is 3.46. The number of aromatic nitrogens is 1. The van der Waals surface area contributed by atoms with E-state index in [1.807, 2.05) is 31.2 Å². The molecular formula is C16H13NO3S. The second kappa shape index (κ2) is 5.18. The number of thiophene rings is 1. The first kappa shape index (κ1) is 13.6. The van der Waals surface area contributed by atoms with Crippen molar-refractivity contribution in [3.05, 3.63) is 68.3 Å². The largest absolute Gasteiger partial charge is 0.477 e. The fourth-order valence-electron chi connectivity index (χ4n) is 2.32. The zero-order chi connectivity index (χ0) is 15.0. The number of rotatable bonds is 3. The minimum atomic E-state index is -0.930. The Labute approximate surface area is 124 Å². The van der Waals surface area contributed by atoms with Crippen molar-refractivity contribution in [1.29, 1.82) is 0 Å². The van der Waals surface area contributed by atoms with Crippen LogP contribution in [0.1, 0.15) is 20.1 Å². The molecule has 5 heteroatoms. The Morgan fingerprint density at radius 3 is 2.76 bits per heavy atom. The number of hydrogen-bond donors (Lipinski definition) is 1. The molecule has 0 amide bonds. The molecule has 1 N–H and O–H groups in total. The number of hydrogen-bond acceptors (Lipinski definition) is 3. The topological polar surface area (TPSA) is 59.3 Å². The van der Waals surface area contributed by atoms with Gasteiger partial charge >= 0.3 is 5.97 Å². The first-order valence-corrected chi connectivity index (χ1v) is 7.28. The molecule has 0 fully saturated rings. The minimum Gasteiger partial charge on any atom is -0.477 e. The molecule has 1 aromatic carbocycles. The van der Waals surface area contributed by atoms with Gasteiger partial charge in [-0.2, -0.15) is 0 Å². The Hall–Kier alpha value is -2.40. The molecule has 0 atom stereocenters. The highest BCUT2D eigenvalue weighted by Gasteiger charge is 2.12. The molecule has 0 aliphatic heterocycles. The second-order valence-electron chi connectivity index (χ2n) is 4.83. The van der Waals surface area contributed by atoms with Crippen molar-refractivity contribution in [3.8, 4) is 0 Å². The summed E-state index contributed by atoms with van der Waals surface area (Å²) in [5, 5.41) is 10.6. The van der Waals surface area contributed by atoms with E-state index in [4.69, 9.17) is 5.11 Å². The molecule has 106 valence electrons. The van der Waals surface area contributed by atoms with Crippen LogP contribution >= 0.6 is 11.3 Å². The van der Waals surface area contributed by atoms with Crippen LogP contribution in [-0.4, -0.2) is 15.6 Å². The molecule has 0 saturated carbocycles. The highest BCUT2D eigenvalue weighted by molar-refractivity contribution is 7.14. The Kier molecular flexibility index (Phi) is 3.35. The average molecular weight is 299 g/mol. The molecule has 3 aromatic rings. The van der Waals surface area contributed by atoms with Crippen LogP contribution in [0.15, 0.2) is 47.4 Å². The number of carboxylic acids is 1. The quantitative estimate of drug-likeness (QED) is 0.808. The Morgan fingerprint density at radius 2 is 2.05 bits per heavy atom. The molecule has 0 saturated heterocycles. The maximum absolute atomic E-state index is 12.4. The molecule has 0 aliphatic rings. The lowest BCUT2D eigenvalue weighted by Crippen LogP contribution is -2.20. The summed E-state index contributed by atoms with van der Waals surface area (Å²) in [6.07, 6.45) is 1.75. The zero-order valence-electron chi connectivity index (χ0n) is 11.4. The van der Waals surface area contributed by atoms with E-state index < -0.39 is 5.97 Å². The molecule has 21 heavy (non-hydrogen) atoms. The van der Waals surface area contributed by atoms with Gasteiger partial charge in [0, 0.05) is 16.5 Å². The normalized spacial score (nSPS) is 10.9. The fourth-order valence-corrected chi connectivity index (χ4v) is 3.19. The first-order valence-electron chi connectivity index (χ1n) is 6.47. The Balaban J connectivity index is 2.04. The van der Waals surface area contributed by atoms with Crippen LogP contribution in [0, 0.1) is 6.92 Å². The van der Waals surface area contributed by atoms with Crippen molar-refractivity contribution in [2.45, 2.75) is 13.5 Å². The van der Waals surface area contributed by atoms with Gasteiger partial charge in [-0.05, 0) is 36.1 Å². The van der Waals surface area contributed by atoms with Gasteiger partial charge in [-0.25, -0.2) is 4.79 Å². The van der Waals surface area contributed by atoms with Gasteiger partial charge in [0.2, 0.25) is 0 Å².